The summed E-state index contributed by atoms with van der Waals surface area (Å²) in [5, 5.41) is 0. The number of ketones is 2. The van der Waals surface area contributed by atoms with Crippen molar-refractivity contribution in [2.45, 2.75) is 13.8 Å². The molecule has 0 fully saturated rings. The summed E-state index contributed by atoms with van der Waals surface area (Å²) in [6.07, 6.45) is 6.61. The van der Waals surface area contributed by atoms with E-state index in [0.29, 0.717) is 22.5 Å². The molecule has 2 aromatic carbocycles. The van der Waals surface area contributed by atoms with Gasteiger partial charge in [-0.05, 0) is 67.5 Å². The number of nitrogens with zero attached hydrogens (tertiary/aromatic N) is 3. The summed E-state index contributed by atoms with van der Waals surface area (Å²) >= 11 is 0. The van der Waals surface area contributed by atoms with E-state index in [2.05, 4.69) is 4.98 Å². The Labute approximate surface area is 202 Å². The molecule has 3 rings (SSSR count). The Kier molecular flexibility index (Phi) is 7.79. The first-order valence-electron chi connectivity index (χ1n) is 11.1. The molecule has 174 valence electrons. The predicted molar refractivity (Wildman–Crippen MR) is 142 cm³/mol. The van der Waals surface area contributed by atoms with Gasteiger partial charge in [0.05, 0.1) is 0 Å². The van der Waals surface area contributed by atoms with Gasteiger partial charge in [-0.25, -0.2) is 0 Å². The lowest BCUT2D eigenvalue weighted by Crippen LogP contribution is -2.08. The number of pyridine rings is 1. The van der Waals surface area contributed by atoms with Crippen molar-refractivity contribution in [1.29, 1.82) is 0 Å². The van der Waals surface area contributed by atoms with Crippen LogP contribution in [-0.4, -0.2) is 44.7 Å². The number of hydrogen-bond acceptors (Lipinski definition) is 5. The van der Waals surface area contributed by atoms with E-state index in [-0.39, 0.29) is 11.6 Å². The minimum atomic E-state index is -0.181. The van der Waals surface area contributed by atoms with Crippen LogP contribution in [0.3, 0.4) is 0 Å². The van der Waals surface area contributed by atoms with Gasteiger partial charge in [-0.15, -0.1) is 0 Å². The molecule has 0 aliphatic carbocycles. The highest BCUT2D eigenvalue weighted by Gasteiger charge is 2.15. The van der Waals surface area contributed by atoms with Gasteiger partial charge in [0.15, 0.2) is 11.6 Å². The molecule has 0 N–H and O–H groups in total. The third-order valence-electron chi connectivity index (χ3n) is 5.61. The largest absolute Gasteiger partial charge is 0.378 e. The van der Waals surface area contributed by atoms with Gasteiger partial charge in [0.2, 0.25) is 0 Å². The van der Waals surface area contributed by atoms with E-state index >= 15 is 0 Å². The summed E-state index contributed by atoms with van der Waals surface area (Å²) in [6, 6.07) is 17.5. The molecule has 1 aromatic heterocycles. The zero-order valence-corrected chi connectivity index (χ0v) is 20.7. The molecule has 34 heavy (non-hydrogen) atoms. The number of anilines is 2. The number of carbonyl (C=O) groups excluding carboxylic acids is 2. The van der Waals surface area contributed by atoms with Gasteiger partial charge in [0.1, 0.15) is 0 Å². The minimum Gasteiger partial charge on any atom is -0.378 e. The van der Waals surface area contributed by atoms with E-state index in [1.165, 1.54) is 12.2 Å². The Hall–Kier alpha value is -3.99. The summed E-state index contributed by atoms with van der Waals surface area (Å²) in [4.78, 5) is 34.3. The number of rotatable bonds is 8. The molecule has 0 atom stereocenters. The normalized spacial score (nSPS) is 11.2. The van der Waals surface area contributed by atoms with E-state index in [1.54, 1.807) is 32.1 Å². The van der Waals surface area contributed by atoms with E-state index < -0.39 is 0 Å². The molecular formula is C29H31N3O2. The Morgan fingerprint density at radius 2 is 1.00 bits per heavy atom. The Balaban J connectivity index is 1.79. The highest BCUT2D eigenvalue weighted by molar-refractivity contribution is 6.12. The average Bonchev–Trinajstić information content (AvgIpc) is 2.81. The molecule has 0 aliphatic heterocycles. The van der Waals surface area contributed by atoms with Crippen molar-refractivity contribution in [1.82, 2.24) is 4.98 Å². The topological polar surface area (TPSA) is 53.5 Å². The third-order valence-corrected chi connectivity index (χ3v) is 5.61. The number of carbonyl (C=O) groups is 2. The van der Waals surface area contributed by atoms with Gasteiger partial charge in [-0.3, -0.25) is 14.6 Å². The van der Waals surface area contributed by atoms with Gasteiger partial charge in [-0.1, -0.05) is 36.4 Å². The van der Waals surface area contributed by atoms with Crippen LogP contribution in [0.25, 0.3) is 12.2 Å². The van der Waals surface area contributed by atoms with Crippen LogP contribution in [-0.2, 0) is 0 Å². The van der Waals surface area contributed by atoms with E-state index in [9.17, 15) is 9.59 Å². The van der Waals surface area contributed by atoms with Crippen LogP contribution in [0, 0.1) is 13.8 Å². The van der Waals surface area contributed by atoms with Crippen molar-refractivity contribution in [3.8, 4) is 0 Å². The van der Waals surface area contributed by atoms with Crippen LogP contribution in [0.1, 0.15) is 43.2 Å². The summed E-state index contributed by atoms with van der Waals surface area (Å²) in [5.41, 5.74) is 6.11. The van der Waals surface area contributed by atoms with Crippen LogP contribution in [0.2, 0.25) is 0 Å². The second-order valence-corrected chi connectivity index (χ2v) is 8.62. The molecule has 0 spiro atoms. The zero-order chi connectivity index (χ0) is 24.8. The van der Waals surface area contributed by atoms with Gasteiger partial charge in [-0.2, -0.15) is 0 Å². The van der Waals surface area contributed by atoms with Crippen LogP contribution in [0.4, 0.5) is 11.4 Å². The fourth-order valence-corrected chi connectivity index (χ4v) is 3.51. The number of aromatic nitrogens is 1. The number of hydrogen-bond donors (Lipinski definition) is 0. The molecule has 5 nitrogen and oxygen atoms in total. The van der Waals surface area contributed by atoms with Crippen molar-refractivity contribution in [3.05, 3.63) is 100 Å². The maximum Gasteiger partial charge on any atom is 0.187 e. The van der Waals surface area contributed by atoms with Gasteiger partial charge >= 0.3 is 0 Å². The summed E-state index contributed by atoms with van der Waals surface area (Å²) in [7, 11) is 7.93. The predicted octanol–water partition coefficient (Wildman–Crippen LogP) is 5.62. The Morgan fingerprint density at radius 1 is 0.647 bits per heavy atom. The molecule has 0 bridgehead atoms. The lowest BCUT2D eigenvalue weighted by Gasteiger charge is -2.12. The maximum absolute atomic E-state index is 12.9. The molecular weight excluding hydrogens is 422 g/mol. The van der Waals surface area contributed by atoms with Crippen molar-refractivity contribution >= 4 is 35.1 Å². The first-order chi connectivity index (χ1) is 16.2. The second-order valence-electron chi connectivity index (χ2n) is 8.62. The molecule has 0 saturated heterocycles. The molecule has 1 heterocycles. The fourth-order valence-electron chi connectivity index (χ4n) is 3.51. The quantitative estimate of drug-likeness (QED) is 0.327. The number of allylic oxidation sites excluding steroid dienone is 2. The van der Waals surface area contributed by atoms with Gasteiger partial charge in [0, 0.05) is 62.1 Å². The maximum atomic E-state index is 12.9. The molecule has 5 heteroatoms. The SMILES string of the molecule is Cc1nc(C)c(C(=O)/C=C/c2ccc(N(C)C)cc2)cc1C(=O)/C=C/c1ccc(N(C)C)cc1. The standard InChI is InChI=1S/C29H31N3O2/c1-20-26(28(33)17-11-22-7-13-24(14-8-22)31(3)4)19-27(21(2)30-20)29(34)18-12-23-9-15-25(16-10-23)32(5)6/h7-19H,1-6H3/b17-11+,18-12+. The van der Waals surface area contributed by atoms with Gasteiger partial charge < -0.3 is 9.80 Å². The number of aryl methyl sites for hydroxylation is 2. The fraction of sp³-hybridized carbons (Fsp3) is 0.207. The van der Waals surface area contributed by atoms with E-state index in [0.717, 1.165) is 22.5 Å². The molecule has 3 aromatic rings. The molecule has 0 aliphatic rings. The van der Waals surface area contributed by atoms with Crippen molar-refractivity contribution in [2.24, 2.45) is 0 Å². The molecule has 0 radical (unpaired) electrons. The van der Waals surface area contributed by atoms with Crippen LogP contribution < -0.4 is 9.80 Å². The van der Waals surface area contributed by atoms with Gasteiger partial charge in [0.25, 0.3) is 0 Å². The Morgan fingerprint density at radius 3 is 1.32 bits per heavy atom. The second kappa shape index (κ2) is 10.8. The third kappa shape index (κ3) is 6.07. The summed E-state index contributed by atoms with van der Waals surface area (Å²) < 4.78 is 0. The highest BCUT2D eigenvalue weighted by atomic mass is 16.1. The van der Waals surface area contributed by atoms with Crippen LogP contribution >= 0.6 is 0 Å². The Bertz CT molecular complexity index is 1140. The van der Waals surface area contributed by atoms with Crippen molar-refractivity contribution in [2.75, 3.05) is 38.0 Å². The van der Waals surface area contributed by atoms with Crippen molar-refractivity contribution < 1.29 is 9.59 Å². The molecule has 0 amide bonds. The first-order valence-corrected chi connectivity index (χ1v) is 11.1. The molecule has 0 saturated carbocycles. The highest BCUT2D eigenvalue weighted by Crippen LogP contribution is 2.18. The van der Waals surface area contributed by atoms with E-state index in [1.807, 2.05) is 86.5 Å². The number of benzene rings is 2. The minimum absolute atomic E-state index is 0.181. The first kappa shape index (κ1) is 24.6. The average molecular weight is 454 g/mol. The lowest BCUT2D eigenvalue weighted by molar-refractivity contribution is 0.104. The monoisotopic (exact) mass is 453 g/mol. The van der Waals surface area contributed by atoms with Crippen molar-refractivity contribution in [3.63, 3.8) is 0 Å². The zero-order valence-electron chi connectivity index (χ0n) is 20.7. The van der Waals surface area contributed by atoms with Crippen LogP contribution in [0.15, 0.2) is 66.7 Å². The summed E-state index contributed by atoms with van der Waals surface area (Å²) in [6.45, 7) is 3.58. The van der Waals surface area contributed by atoms with E-state index in [4.69, 9.17) is 0 Å². The molecule has 0 unspecified atom stereocenters. The van der Waals surface area contributed by atoms with Crippen LogP contribution in [0.5, 0.6) is 0 Å². The lowest BCUT2D eigenvalue weighted by atomic mass is 10.0. The smallest absolute Gasteiger partial charge is 0.187 e. The summed E-state index contributed by atoms with van der Waals surface area (Å²) in [5.74, 6) is -0.363.